The van der Waals surface area contributed by atoms with Crippen LogP contribution in [0.15, 0.2) is 65.5 Å². The maximum Gasteiger partial charge on any atom is 0.359 e. The molecule has 12 heteroatoms. The van der Waals surface area contributed by atoms with Crippen molar-refractivity contribution in [2.45, 2.75) is 12.6 Å². The van der Waals surface area contributed by atoms with Crippen molar-refractivity contribution >= 4 is 22.4 Å². The highest BCUT2D eigenvalue weighted by molar-refractivity contribution is 5.94. The van der Waals surface area contributed by atoms with Gasteiger partial charge in [-0.3, -0.25) is 24.4 Å². The van der Waals surface area contributed by atoms with Crippen LogP contribution in [-0.4, -0.2) is 59.3 Å². The molecule has 0 bridgehead atoms. The maximum absolute atomic E-state index is 13.7. The van der Waals surface area contributed by atoms with Crippen LogP contribution in [0, 0.1) is 33.1 Å². The summed E-state index contributed by atoms with van der Waals surface area (Å²) in [6.45, 7) is 1.67. The Hall–Kier alpha value is -4.73. The van der Waals surface area contributed by atoms with Crippen molar-refractivity contribution < 1.29 is 18.4 Å². The fraction of sp³-hybridized carbons (Fsp3) is 0.276. The van der Waals surface area contributed by atoms with Crippen LogP contribution < -0.4 is 10.5 Å². The Labute approximate surface area is 233 Å². The highest BCUT2D eigenvalue weighted by atomic mass is 19.1. The Kier molecular flexibility index (Phi) is 8.00. The van der Waals surface area contributed by atoms with E-state index in [0.29, 0.717) is 31.7 Å². The lowest BCUT2D eigenvalue weighted by atomic mass is 9.96. The van der Waals surface area contributed by atoms with Crippen LogP contribution in [0.2, 0.25) is 0 Å². The van der Waals surface area contributed by atoms with E-state index in [1.54, 1.807) is 35.2 Å². The molecule has 1 aliphatic rings. The highest BCUT2D eigenvalue weighted by Gasteiger charge is 2.34. The number of pyridine rings is 2. The molecule has 2 aromatic carbocycles. The van der Waals surface area contributed by atoms with E-state index < -0.39 is 16.2 Å². The number of halogens is 2. The maximum atomic E-state index is 13.7. The number of hydrogen-bond donors (Lipinski definition) is 0. The smallest absolute Gasteiger partial charge is 0.359 e. The summed E-state index contributed by atoms with van der Waals surface area (Å²) in [5.41, 5.74) is 0.917. The molecule has 0 radical (unpaired) electrons. The first-order chi connectivity index (χ1) is 19.8. The lowest BCUT2D eigenvalue weighted by molar-refractivity contribution is -0.385. The lowest BCUT2D eigenvalue weighted by Gasteiger charge is -2.40. The molecule has 210 valence electrons. The number of nitrogens with zero attached hydrogens (tertiary/aromatic N) is 6. The van der Waals surface area contributed by atoms with E-state index in [4.69, 9.17) is 4.74 Å². The number of aromatic nitrogens is 2. The Balaban J connectivity index is 1.55. The van der Waals surface area contributed by atoms with Gasteiger partial charge in [-0.2, -0.15) is 5.26 Å². The first-order valence-electron chi connectivity index (χ1n) is 12.9. The summed E-state index contributed by atoms with van der Waals surface area (Å²) in [5, 5.41) is 21.8. The number of nitriles is 1. The standard InChI is InChI=1S/C29H26F2N6O4/c1-41-17-16-36-24-11-10-23(18-32)33-25(24)27(28(29(36)38)37(39)40)35-14-12-34(13-15-35)26(19-2-6-21(30)7-3-19)20-4-8-22(31)9-5-20/h2-11,26H,12-17H2,1H3. The monoisotopic (exact) mass is 560 g/mol. The normalized spacial score (nSPS) is 14.0. The van der Waals surface area contributed by atoms with Crippen molar-refractivity contribution in [3.8, 4) is 6.07 Å². The Morgan fingerprint density at radius 1 is 1.00 bits per heavy atom. The fourth-order valence-electron chi connectivity index (χ4n) is 5.33. The van der Waals surface area contributed by atoms with Gasteiger partial charge in [0.2, 0.25) is 0 Å². The Bertz CT molecular complexity index is 1630. The van der Waals surface area contributed by atoms with Gasteiger partial charge in [-0.15, -0.1) is 0 Å². The fourth-order valence-corrected chi connectivity index (χ4v) is 5.33. The van der Waals surface area contributed by atoms with Gasteiger partial charge in [-0.1, -0.05) is 24.3 Å². The minimum absolute atomic E-state index is 0.0660. The quantitative estimate of drug-likeness (QED) is 0.234. The number of piperazine rings is 1. The molecule has 1 saturated heterocycles. The number of methoxy groups -OCH3 is 1. The average Bonchev–Trinajstić information content (AvgIpc) is 2.98. The average molecular weight is 561 g/mol. The van der Waals surface area contributed by atoms with E-state index in [-0.39, 0.29) is 47.7 Å². The lowest BCUT2D eigenvalue weighted by Crippen LogP contribution is -2.48. The van der Waals surface area contributed by atoms with E-state index in [0.717, 1.165) is 11.1 Å². The molecule has 5 rings (SSSR count). The summed E-state index contributed by atoms with van der Waals surface area (Å²) >= 11 is 0. The van der Waals surface area contributed by atoms with Crippen LogP contribution in [0.4, 0.5) is 20.2 Å². The molecule has 0 saturated carbocycles. The molecule has 1 fully saturated rings. The van der Waals surface area contributed by atoms with Crippen LogP contribution in [0.5, 0.6) is 0 Å². The van der Waals surface area contributed by atoms with E-state index >= 15 is 0 Å². The van der Waals surface area contributed by atoms with Crippen molar-refractivity contribution in [2.24, 2.45) is 0 Å². The molecular formula is C29H26F2N6O4. The predicted molar refractivity (Wildman–Crippen MR) is 148 cm³/mol. The van der Waals surface area contributed by atoms with Crippen molar-refractivity contribution in [1.29, 1.82) is 5.26 Å². The second-order valence-corrected chi connectivity index (χ2v) is 9.61. The van der Waals surface area contributed by atoms with Crippen LogP contribution >= 0.6 is 0 Å². The number of anilines is 1. The summed E-state index contributed by atoms with van der Waals surface area (Å²) in [4.78, 5) is 33.3. The molecule has 1 aliphatic heterocycles. The van der Waals surface area contributed by atoms with E-state index in [1.165, 1.54) is 42.0 Å². The first-order valence-corrected chi connectivity index (χ1v) is 12.9. The van der Waals surface area contributed by atoms with Crippen LogP contribution in [0.3, 0.4) is 0 Å². The minimum atomic E-state index is -0.779. The zero-order valence-electron chi connectivity index (χ0n) is 22.2. The number of hydrogen-bond acceptors (Lipinski definition) is 8. The number of nitro groups is 1. The molecule has 0 spiro atoms. The molecule has 0 aliphatic carbocycles. The van der Waals surface area contributed by atoms with Gasteiger partial charge in [-0.05, 0) is 47.5 Å². The second-order valence-electron chi connectivity index (χ2n) is 9.61. The Morgan fingerprint density at radius 3 is 2.10 bits per heavy atom. The van der Waals surface area contributed by atoms with E-state index in [1.807, 2.05) is 6.07 Å². The Morgan fingerprint density at radius 2 is 1.59 bits per heavy atom. The number of rotatable bonds is 8. The molecule has 3 heterocycles. The molecule has 0 unspecified atom stereocenters. The van der Waals surface area contributed by atoms with Gasteiger partial charge >= 0.3 is 11.2 Å². The number of fused-ring (bicyclic) bond motifs is 1. The summed E-state index contributed by atoms with van der Waals surface area (Å²) < 4.78 is 33.8. The van der Waals surface area contributed by atoms with Crippen molar-refractivity contribution in [3.05, 3.63) is 110 Å². The minimum Gasteiger partial charge on any atom is -0.383 e. The molecule has 41 heavy (non-hydrogen) atoms. The van der Waals surface area contributed by atoms with Crippen LogP contribution in [-0.2, 0) is 11.3 Å². The summed E-state index contributed by atoms with van der Waals surface area (Å²) in [6.07, 6.45) is 0. The molecule has 4 aromatic rings. The van der Waals surface area contributed by atoms with Crippen molar-refractivity contribution in [3.63, 3.8) is 0 Å². The van der Waals surface area contributed by atoms with Gasteiger partial charge in [0.25, 0.3) is 0 Å². The van der Waals surface area contributed by atoms with E-state index in [2.05, 4.69) is 9.88 Å². The van der Waals surface area contributed by atoms with Crippen LogP contribution in [0.1, 0.15) is 22.9 Å². The largest absolute Gasteiger partial charge is 0.383 e. The SMILES string of the molecule is COCCn1c(=O)c([N+](=O)[O-])c(N2CCN(C(c3ccc(F)cc3)c3ccc(F)cc3)CC2)c2nc(C#N)ccc21. The molecule has 0 amide bonds. The molecule has 2 aromatic heterocycles. The van der Waals surface area contributed by atoms with Crippen LogP contribution in [0.25, 0.3) is 11.0 Å². The molecule has 0 N–H and O–H groups in total. The summed E-state index contributed by atoms with van der Waals surface area (Å²) in [6, 6.07) is 16.9. The van der Waals surface area contributed by atoms with Gasteiger partial charge in [-0.25, -0.2) is 13.8 Å². The highest BCUT2D eigenvalue weighted by Crippen LogP contribution is 2.36. The van der Waals surface area contributed by atoms with Gasteiger partial charge in [0, 0.05) is 39.8 Å². The third kappa shape index (κ3) is 5.50. The second kappa shape index (κ2) is 11.8. The summed E-state index contributed by atoms with van der Waals surface area (Å²) in [5.74, 6) is -0.750. The number of ether oxygens (including phenoxy) is 1. The molecule has 10 nitrogen and oxygen atoms in total. The summed E-state index contributed by atoms with van der Waals surface area (Å²) in [7, 11) is 1.46. The van der Waals surface area contributed by atoms with Gasteiger partial charge in [0.15, 0.2) is 5.69 Å². The zero-order valence-corrected chi connectivity index (χ0v) is 22.2. The first kappa shape index (κ1) is 27.8. The third-order valence-corrected chi connectivity index (χ3v) is 7.24. The van der Waals surface area contributed by atoms with Gasteiger partial charge < -0.3 is 9.64 Å². The third-order valence-electron chi connectivity index (χ3n) is 7.24. The number of benzene rings is 2. The molecular weight excluding hydrogens is 534 g/mol. The zero-order chi connectivity index (χ0) is 29.1. The predicted octanol–water partition coefficient (Wildman–Crippen LogP) is 4.01. The van der Waals surface area contributed by atoms with Crippen molar-refractivity contribution in [2.75, 3.05) is 44.8 Å². The van der Waals surface area contributed by atoms with Crippen molar-refractivity contribution in [1.82, 2.24) is 14.5 Å². The molecule has 0 atom stereocenters. The van der Waals surface area contributed by atoms with Gasteiger partial charge in [0.1, 0.15) is 28.9 Å². The van der Waals surface area contributed by atoms with E-state index in [9.17, 15) is 29.0 Å². The topological polar surface area (TPSA) is 118 Å². The van der Waals surface area contributed by atoms with Gasteiger partial charge in [0.05, 0.1) is 23.1 Å².